The number of rotatable bonds is 9. The SMILES string of the molecule is CCOc1ccc(S(=O)(=O)N(CC)CC(=O)Nc2cc([N+](=O)[O-])ccc2C)cc1C. The summed E-state index contributed by atoms with van der Waals surface area (Å²) in [6.07, 6.45) is 0. The lowest BCUT2D eigenvalue weighted by Gasteiger charge is -2.21. The highest BCUT2D eigenvalue weighted by Crippen LogP contribution is 2.25. The molecule has 1 N–H and O–H groups in total. The number of carbonyl (C=O) groups is 1. The number of sulfonamides is 1. The van der Waals surface area contributed by atoms with Gasteiger partial charge in [-0.15, -0.1) is 0 Å². The fraction of sp³-hybridized carbons (Fsp3) is 0.350. The number of nitrogens with zero attached hydrogens (tertiary/aromatic N) is 2. The topological polar surface area (TPSA) is 119 Å². The quantitative estimate of drug-likeness (QED) is 0.477. The van der Waals surface area contributed by atoms with E-state index >= 15 is 0 Å². The van der Waals surface area contributed by atoms with Crippen LogP contribution in [0, 0.1) is 24.0 Å². The largest absolute Gasteiger partial charge is 0.494 e. The number of likely N-dealkylation sites (N-methyl/N-ethyl adjacent to an activating group) is 1. The van der Waals surface area contributed by atoms with Gasteiger partial charge in [-0.1, -0.05) is 13.0 Å². The van der Waals surface area contributed by atoms with Gasteiger partial charge in [0.2, 0.25) is 15.9 Å². The molecule has 1 amide bonds. The van der Waals surface area contributed by atoms with Crippen LogP contribution in [0.25, 0.3) is 0 Å². The van der Waals surface area contributed by atoms with Crippen molar-refractivity contribution >= 4 is 27.3 Å². The Labute approximate surface area is 175 Å². The number of benzene rings is 2. The van der Waals surface area contributed by atoms with Crippen LogP contribution in [0.4, 0.5) is 11.4 Å². The molecule has 30 heavy (non-hydrogen) atoms. The highest BCUT2D eigenvalue weighted by molar-refractivity contribution is 7.89. The molecule has 0 heterocycles. The third kappa shape index (κ3) is 5.33. The molecule has 0 unspecified atom stereocenters. The fourth-order valence-electron chi connectivity index (χ4n) is 2.82. The molecule has 2 aromatic carbocycles. The van der Waals surface area contributed by atoms with Gasteiger partial charge in [0.05, 0.1) is 28.7 Å². The first kappa shape index (κ1) is 23.3. The molecule has 9 nitrogen and oxygen atoms in total. The van der Waals surface area contributed by atoms with Gasteiger partial charge in [0.25, 0.3) is 5.69 Å². The standard InChI is InChI=1S/C20H25N3O6S/c1-5-22(30(27,28)17-9-10-19(29-6-2)15(4)11-17)13-20(24)21-18-12-16(23(25)26)8-7-14(18)3/h7-12H,5-6,13H2,1-4H3,(H,21,24). The Balaban J connectivity index is 2.21. The second-order valence-electron chi connectivity index (χ2n) is 6.60. The van der Waals surface area contributed by atoms with E-state index in [-0.39, 0.29) is 22.8 Å². The Hall–Kier alpha value is -2.98. The Morgan fingerprint density at radius 3 is 2.40 bits per heavy atom. The van der Waals surface area contributed by atoms with Crippen LogP contribution in [-0.2, 0) is 14.8 Å². The van der Waals surface area contributed by atoms with E-state index in [1.54, 1.807) is 26.8 Å². The van der Waals surface area contributed by atoms with Crippen molar-refractivity contribution in [2.24, 2.45) is 0 Å². The van der Waals surface area contributed by atoms with E-state index in [4.69, 9.17) is 4.74 Å². The third-order valence-electron chi connectivity index (χ3n) is 4.46. The minimum atomic E-state index is -3.92. The monoisotopic (exact) mass is 435 g/mol. The minimum Gasteiger partial charge on any atom is -0.494 e. The number of ether oxygens (including phenoxy) is 1. The molecule has 0 aliphatic rings. The van der Waals surface area contributed by atoms with Crippen LogP contribution in [0.2, 0.25) is 0 Å². The van der Waals surface area contributed by atoms with Gasteiger partial charge in [-0.25, -0.2) is 8.42 Å². The first-order valence-electron chi connectivity index (χ1n) is 9.38. The van der Waals surface area contributed by atoms with Gasteiger partial charge in [-0.2, -0.15) is 4.31 Å². The van der Waals surface area contributed by atoms with Crippen molar-refractivity contribution in [2.75, 3.05) is 25.0 Å². The van der Waals surface area contributed by atoms with E-state index in [2.05, 4.69) is 5.32 Å². The summed E-state index contributed by atoms with van der Waals surface area (Å²) in [7, 11) is -3.92. The predicted molar refractivity (Wildman–Crippen MR) is 113 cm³/mol. The molecule has 0 saturated heterocycles. The van der Waals surface area contributed by atoms with Gasteiger partial charge in [-0.05, 0) is 50.1 Å². The van der Waals surface area contributed by atoms with Crippen molar-refractivity contribution in [1.29, 1.82) is 0 Å². The smallest absolute Gasteiger partial charge is 0.271 e. The zero-order chi connectivity index (χ0) is 22.5. The summed E-state index contributed by atoms with van der Waals surface area (Å²) < 4.78 is 32.5. The summed E-state index contributed by atoms with van der Waals surface area (Å²) in [5.41, 5.74) is 1.40. The molecule has 2 rings (SSSR count). The zero-order valence-electron chi connectivity index (χ0n) is 17.3. The van der Waals surface area contributed by atoms with Gasteiger partial charge < -0.3 is 10.1 Å². The normalized spacial score (nSPS) is 11.4. The number of nitrogens with one attached hydrogen (secondary N) is 1. The highest BCUT2D eigenvalue weighted by Gasteiger charge is 2.26. The summed E-state index contributed by atoms with van der Waals surface area (Å²) in [4.78, 5) is 22.9. The average molecular weight is 436 g/mol. The molecular formula is C20H25N3O6S. The van der Waals surface area contributed by atoms with Gasteiger partial charge in [-0.3, -0.25) is 14.9 Å². The lowest BCUT2D eigenvalue weighted by atomic mass is 10.2. The molecule has 0 fully saturated rings. The molecule has 0 spiro atoms. The number of nitro benzene ring substituents is 1. The zero-order valence-corrected chi connectivity index (χ0v) is 18.2. The molecule has 2 aromatic rings. The number of amides is 1. The van der Waals surface area contributed by atoms with Crippen LogP contribution >= 0.6 is 0 Å². The summed E-state index contributed by atoms with van der Waals surface area (Å²) >= 11 is 0. The van der Waals surface area contributed by atoms with E-state index in [1.165, 1.54) is 30.3 Å². The first-order chi connectivity index (χ1) is 14.1. The van der Waals surface area contributed by atoms with E-state index in [1.807, 2.05) is 6.92 Å². The molecule has 0 aromatic heterocycles. The molecule has 0 atom stereocenters. The summed E-state index contributed by atoms with van der Waals surface area (Å²) in [5, 5.41) is 13.5. The summed E-state index contributed by atoms with van der Waals surface area (Å²) in [6.45, 7) is 7.03. The van der Waals surface area contributed by atoms with E-state index < -0.39 is 27.4 Å². The van der Waals surface area contributed by atoms with Crippen LogP contribution in [0.5, 0.6) is 5.75 Å². The van der Waals surface area contributed by atoms with Gasteiger partial charge in [0.15, 0.2) is 0 Å². The second-order valence-corrected chi connectivity index (χ2v) is 8.53. The molecule has 0 aliphatic heterocycles. The number of anilines is 1. The number of hydrogen-bond acceptors (Lipinski definition) is 6. The van der Waals surface area contributed by atoms with Crippen LogP contribution < -0.4 is 10.1 Å². The molecule has 0 aliphatic carbocycles. The number of aryl methyl sites for hydroxylation is 2. The van der Waals surface area contributed by atoms with Gasteiger partial charge in [0.1, 0.15) is 5.75 Å². The fourth-order valence-corrected chi connectivity index (χ4v) is 4.31. The Bertz CT molecular complexity index is 1050. The van der Waals surface area contributed by atoms with Crippen LogP contribution in [-0.4, -0.2) is 43.2 Å². The van der Waals surface area contributed by atoms with Crippen molar-refractivity contribution in [3.8, 4) is 5.75 Å². The van der Waals surface area contributed by atoms with Gasteiger partial charge >= 0.3 is 0 Å². The van der Waals surface area contributed by atoms with Crippen molar-refractivity contribution in [2.45, 2.75) is 32.6 Å². The van der Waals surface area contributed by atoms with Crippen LogP contribution in [0.15, 0.2) is 41.3 Å². The lowest BCUT2D eigenvalue weighted by molar-refractivity contribution is -0.384. The second kappa shape index (κ2) is 9.68. The number of carbonyl (C=O) groups excluding carboxylic acids is 1. The Kier molecular flexibility index (Phi) is 7.52. The maximum Gasteiger partial charge on any atom is 0.271 e. The molecule has 0 bridgehead atoms. The molecule has 0 saturated carbocycles. The van der Waals surface area contributed by atoms with E-state index in [9.17, 15) is 23.3 Å². The van der Waals surface area contributed by atoms with Crippen LogP contribution in [0.1, 0.15) is 25.0 Å². The van der Waals surface area contributed by atoms with Crippen molar-refractivity contribution in [3.63, 3.8) is 0 Å². The average Bonchev–Trinajstić information content (AvgIpc) is 2.69. The number of nitro groups is 1. The van der Waals surface area contributed by atoms with Crippen LogP contribution in [0.3, 0.4) is 0 Å². The molecule has 10 heteroatoms. The first-order valence-corrected chi connectivity index (χ1v) is 10.8. The maximum atomic E-state index is 13.0. The van der Waals surface area contributed by atoms with Crippen molar-refractivity contribution in [1.82, 2.24) is 4.31 Å². The maximum absolute atomic E-state index is 13.0. The summed E-state index contributed by atoms with van der Waals surface area (Å²) in [6, 6.07) is 8.64. The molecule has 162 valence electrons. The number of non-ortho nitro benzene ring substituents is 1. The molecule has 0 radical (unpaired) electrons. The summed E-state index contributed by atoms with van der Waals surface area (Å²) in [5.74, 6) is 0.00469. The predicted octanol–water partition coefficient (Wildman–Crippen LogP) is 3.26. The lowest BCUT2D eigenvalue weighted by Crippen LogP contribution is -2.38. The number of hydrogen-bond donors (Lipinski definition) is 1. The minimum absolute atomic E-state index is 0.0598. The Morgan fingerprint density at radius 1 is 1.13 bits per heavy atom. The van der Waals surface area contributed by atoms with Gasteiger partial charge in [0, 0.05) is 18.7 Å². The highest BCUT2D eigenvalue weighted by atomic mass is 32.2. The van der Waals surface area contributed by atoms with E-state index in [0.717, 1.165) is 4.31 Å². The third-order valence-corrected chi connectivity index (χ3v) is 6.38. The molecular weight excluding hydrogens is 410 g/mol. The van der Waals surface area contributed by atoms with Crippen molar-refractivity contribution < 1.29 is 22.9 Å². The van der Waals surface area contributed by atoms with Crippen molar-refractivity contribution in [3.05, 3.63) is 57.6 Å². The Morgan fingerprint density at radius 2 is 1.83 bits per heavy atom. The van der Waals surface area contributed by atoms with E-state index in [0.29, 0.717) is 23.5 Å².